The highest BCUT2D eigenvalue weighted by molar-refractivity contribution is 7.16. The highest BCUT2D eigenvalue weighted by Gasteiger charge is 2.36. The van der Waals surface area contributed by atoms with Crippen LogP contribution in [0.4, 0.5) is 0 Å². The molecule has 5 nitrogen and oxygen atoms in total. The number of amides is 1. The van der Waals surface area contributed by atoms with Crippen LogP contribution in [-0.2, 0) is 11.3 Å². The Balaban J connectivity index is 1.32. The molecule has 0 radical (unpaired) electrons. The molecular formula is C15H18N4OS. The van der Waals surface area contributed by atoms with E-state index in [9.17, 15) is 4.79 Å². The molecule has 2 aliphatic carbocycles. The molecule has 1 saturated carbocycles. The zero-order valence-electron chi connectivity index (χ0n) is 12.0. The van der Waals surface area contributed by atoms with Gasteiger partial charge in [0.2, 0.25) is 10.9 Å². The Labute approximate surface area is 127 Å². The topological polar surface area (TPSA) is 59.3 Å². The van der Waals surface area contributed by atoms with Crippen LogP contribution in [0.15, 0.2) is 18.3 Å². The van der Waals surface area contributed by atoms with E-state index in [-0.39, 0.29) is 5.91 Å². The number of imidazole rings is 1. The maximum atomic E-state index is 12.1. The Hall–Kier alpha value is -1.69. The predicted octanol–water partition coefficient (Wildman–Crippen LogP) is 2.32. The molecule has 3 atom stereocenters. The summed E-state index contributed by atoms with van der Waals surface area (Å²) in [7, 11) is 0. The minimum absolute atomic E-state index is 0.140. The number of fused-ring (bicyclic) bond motifs is 3. The molecule has 110 valence electrons. The average Bonchev–Trinajstić information content (AvgIpc) is 3.15. The molecule has 0 spiro atoms. The van der Waals surface area contributed by atoms with Crippen molar-refractivity contribution < 1.29 is 4.79 Å². The van der Waals surface area contributed by atoms with E-state index in [4.69, 9.17) is 0 Å². The van der Waals surface area contributed by atoms with Gasteiger partial charge >= 0.3 is 0 Å². The summed E-state index contributed by atoms with van der Waals surface area (Å²) >= 11 is 1.56. The van der Waals surface area contributed by atoms with Crippen molar-refractivity contribution in [3.8, 4) is 0 Å². The third kappa shape index (κ3) is 2.48. The maximum absolute atomic E-state index is 12.1. The van der Waals surface area contributed by atoms with Crippen molar-refractivity contribution in [1.82, 2.24) is 19.9 Å². The van der Waals surface area contributed by atoms with Crippen LogP contribution < -0.4 is 5.32 Å². The number of carbonyl (C=O) groups excluding carboxylic acids is 1. The fourth-order valence-electron chi connectivity index (χ4n) is 3.56. The molecular weight excluding hydrogens is 284 g/mol. The van der Waals surface area contributed by atoms with Gasteiger partial charge in [-0.2, -0.15) is 5.10 Å². The third-order valence-electron chi connectivity index (χ3n) is 4.52. The quantitative estimate of drug-likeness (QED) is 0.882. The van der Waals surface area contributed by atoms with Crippen LogP contribution in [0.5, 0.6) is 0 Å². The number of carbonyl (C=O) groups is 1. The summed E-state index contributed by atoms with van der Waals surface area (Å²) in [5, 5.41) is 8.31. The van der Waals surface area contributed by atoms with Gasteiger partial charge in [-0.05, 0) is 37.5 Å². The minimum Gasteiger partial charge on any atom is -0.350 e. The van der Waals surface area contributed by atoms with Crippen molar-refractivity contribution in [1.29, 1.82) is 0 Å². The molecule has 4 rings (SSSR count). The van der Waals surface area contributed by atoms with E-state index in [1.165, 1.54) is 12.8 Å². The van der Waals surface area contributed by atoms with Crippen molar-refractivity contribution in [2.75, 3.05) is 0 Å². The van der Waals surface area contributed by atoms with Crippen molar-refractivity contribution >= 4 is 22.2 Å². The second-order valence-electron chi connectivity index (χ2n) is 6.10. The van der Waals surface area contributed by atoms with Gasteiger partial charge in [0.1, 0.15) is 5.01 Å². The van der Waals surface area contributed by atoms with Crippen LogP contribution >= 0.6 is 11.3 Å². The van der Waals surface area contributed by atoms with Crippen molar-refractivity contribution in [3.63, 3.8) is 0 Å². The first-order valence-corrected chi connectivity index (χ1v) is 8.26. The lowest BCUT2D eigenvalue weighted by Gasteiger charge is -2.17. The molecule has 6 heteroatoms. The summed E-state index contributed by atoms with van der Waals surface area (Å²) in [5.74, 6) is 2.03. The van der Waals surface area contributed by atoms with E-state index in [0.717, 1.165) is 21.6 Å². The fourth-order valence-corrected chi connectivity index (χ4v) is 4.30. The van der Waals surface area contributed by atoms with Crippen LogP contribution in [0.1, 0.15) is 30.0 Å². The van der Waals surface area contributed by atoms with Crippen molar-refractivity contribution in [2.24, 2.45) is 17.8 Å². The summed E-state index contributed by atoms with van der Waals surface area (Å²) in [6.45, 7) is 2.45. The van der Waals surface area contributed by atoms with Crippen LogP contribution in [0.2, 0.25) is 0 Å². The second-order valence-corrected chi connectivity index (χ2v) is 7.26. The summed E-state index contributed by atoms with van der Waals surface area (Å²) in [4.78, 5) is 17.4. The number of allylic oxidation sites excluding steroid dienone is 2. The zero-order valence-corrected chi connectivity index (χ0v) is 12.8. The second kappa shape index (κ2) is 4.94. The van der Waals surface area contributed by atoms with Gasteiger partial charge in [-0.25, -0.2) is 9.50 Å². The van der Waals surface area contributed by atoms with E-state index in [1.54, 1.807) is 15.9 Å². The first-order chi connectivity index (χ1) is 10.2. The SMILES string of the molecule is Cc1nn2cc(CNC(=O)CC3CC4C=CC3C4)nc2s1. The third-order valence-corrected chi connectivity index (χ3v) is 5.36. The Morgan fingerprint density at radius 1 is 1.48 bits per heavy atom. The molecule has 0 aliphatic heterocycles. The number of aryl methyl sites for hydroxylation is 1. The van der Waals surface area contributed by atoms with E-state index in [1.807, 2.05) is 13.1 Å². The highest BCUT2D eigenvalue weighted by Crippen LogP contribution is 2.44. The Morgan fingerprint density at radius 3 is 3.10 bits per heavy atom. The molecule has 1 N–H and O–H groups in total. The molecule has 3 unspecified atom stereocenters. The van der Waals surface area contributed by atoms with E-state index < -0.39 is 0 Å². The lowest BCUT2D eigenvalue weighted by atomic mass is 9.90. The molecule has 2 bridgehead atoms. The van der Waals surface area contributed by atoms with Crippen LogP contribution in [0.3, 0.4) is 0 Å². The number of aromatic nitrogens is 3. The smallest absolute Gasteiger partial charge is 0.220 e. The van der Waals surface area contributed by atoms with E-state index in [2.05, 4.69) is 27.6 Å². The van der Waals surface area contributed by atoms with Crippen molar-refractivity contribution in [3.05, 3.63) is 29.1 Å². The Kier molecular flexibility index (Phi) is 3.06. The summed E-state index contributed by atoms with van der Waals surface area (Å²) in [5.41, 5.74) is 0.870. The molecule has 21 heavy (non-hydrogen) atoms. The van der Waals surface area contributed by atoms with Crippen LogP contribution in [0.25, 0.3) is 4.96 Å². The van der Waals surface area contributed by atoms with Gasteiger partial charge in [-0.1, -0.05) is 23.5 Å². The molecule has 2 heterocycles. The molecule has 1 fully saturated rings. The van der Waals surface area contributed by atoms with Crippen LogP contribution in [-0.4, -0.2) is 20.5 Å². The fraction of sp³-hybridized carbons (Fsp3) is 0.533. The first kappa shape index (κ1) is 13.0. The maximum Gasteiger partial charge on any atom is 0.220 e. The largest absolute Gasteiger partial charge is 0.350 e. The number of rotatable bonds is 4. The minimum atomic E-state index is 0.140. The Bertz CT molecular complexity index is 685. The van der Waals surface area contributed by atoms with Gasteiger partial charge in [0.05, 0.1) is 18.4 Å². The predicted molar refractivity (Wildman–Crippen MR) is 80.9 cm³/mol. The lowest BCUT2D eigenvalue weighted by Crippen LogP contribution is -2.26. The summed E-state index contributed by atoms with van der Waals surface area (Å²) in [6.07, 6.45) is 9.57. The van der Waals surface area contributed by atoms with Gasteiger partial charge in [0.25, 0.3) is 0 Å². The first-order valence-electron chi connectivity index (χ1n) is 7.44. The molecule has 1 amide bonds. The number of hydrogen-bond acceptors (Lipinski definition) is 4. The molecule has 0 saturated heterocycles. The summed E-state index contributed by atoms with van der Waals surface area (Å²) in [6, 6.07) is 0. The van der Waals surface area contributed by atoms with Gasteiger partial charge in [0, 0.05) is 6.42 Å². The summed E-state index contributed by atoms with van der Waals surface area (Å²) < 4.78 is 1.78. The van der Waals surface area contributed by atoms with E-state index in [0.29, 0.717) is 24.8 Å². The normalized spacial score (nSPS) is 26.8. The molecule has 0 aromatic carbocycles. The average molecular weight is 302 g/mol. The van der Waals surface area contributed by atoms with Crippen LogP contribution in [0, 0.1) is 24.7 Å². The number of nitrogens with one attached hydrogen (secondary N) is 1. The number of nitrogens with zero attached hydrogens (tertiary/aromatic N) is 3. The Morgan fingerprint density at radius 2 is 2.38 bits per heavy atom. The standard InChI is InChI=1S/C15H18N4OS/c1-9-18-19-8-13(17-15(19)21-9)7-16-14(20)6-12-5-10-2-3-11(12)4-10/h2-3,8,10-12H,4-7H2,1H3,(H,16,20). The van der Waals surface area contributed by atoms with Gasteiger partial charge < -0.3 is 5.32 Å². The highest BCUT2D eigenvalue weighted by atomic mass is 32.1. The van der Waals surface area contributed by atoms with Gasteiger partial charge in [0.15, 0.2) is 0 Å². The van der Waals surface area contributed by atoms with Gasteiger partial charge in [-0.15, -0.1) is 0 Å². The molecule has 2 aliphatic rings. The van der Waals surface area contributed by atoms with Crippen molar-refractivity contribution in [2.45, 2.75) is 32.7 Å². The monoisotopic (exact) mass is 302 g/mol. The number of hydrogen-bond donors (Lipinski definition) is 1. The molecule has 2 aromatic heterocycles. The van der Waals surface area contributed by atoms with Gasteiger partial charge in [-0.3, -0.25) is 4.79 Å². The molecule has 2 aromatic rings. The lowest BCUT2D eigenvalue weighted by molar-refractivity contribution is -0.122. The zero-order chi connectivity index (χ0) is 14.4. The van der Waals surface area contributed by atoms with E-state index >= 15 is 0 Å².